The van der Waals surface area contributed by atoms with Crippen molar-refractivity contribution in [1.82, 2.24) is 9.80 Å². The van der Waals surface area contributed by atoms with E-state index in [1.165, 1.54) is 0 Å². The van der Waals surface area contributed by atoms with E-state index in [4.69, 9.17) is 11.6 Å². The second-order valence-electron chi connectivity index (χ2n) is 5.57. The summed E-state index contributed by atoms with van der Waals surface area (Å²) in [6.45, 7) is 3.61. The Hall–Kier alpha value is -1.42. The van der Waals surface area contributed by atoms with Crippen LogP contribution in [0.5, 0.6) is 0 Å². The first-order valence-corrected chi connectivity index (χ1v) is 7.34. The molecule has 0 saturated carbocycles. The number of amides is 2. The second-order valence-corrected chi connectivity index (χ2v) is 5.97. The third kappa shape index (κ3) is 3.57. The van der Waals surface area contributed by atoms with Gasteiger partial charge in [0.15, 0.2) is 0 Å². The standard InChI is InChI=1S/C15H22ClN3O/c1-11-4-5-14(13(16)10-11)17-12-6-8-19(9-7-12)15(20)18(2)3/h4-5,10,12,17H,6-9H2,1-3H3. The lowest BCUT2D eigenvalue weighted by Gasteiger charge is -2.34. The maximum absolute atomic E-state index is 11.9. The molecule has 0 aromatic heterocycles. The molecule has 0 unspecified atom stereocenters. The fourth-order valence-electron chi connectivity index (χ4n) is 2.46. The Balaban J connectivity index is 1.90. The molecule has 1 aromatic rings. The zero-order valence-corrected chi connectivity index (χ0v) is 13.1. The first-order valence-electron chi connectivity index (χ1n) is 6.96. The topological polar surface area (TPSA) is 35.6 Å². The van der Waals surface area contributed by atoms with Crippen molar-refractivity contribution in [3.05, 3.63) is 28.8 Å². The third-order valence-electron chi connectivity index (χ3n) is 3.63. The highest BCUT2D eigenvalue weighted by atomic mass is 35.5. The van der Waals surface area contributed by atoms with Crippen molar-refractivity contribution in [2.45, 2.75) is 25.8 Å². The van der Waals surface area contributed by atoms with Crippen molar-refractivity contribution in [2.24, 2.45) is 0 Å². The number of carbonyl (C=O) groups excluding carboxylic acids is 1. The second kappa shape index (κ2) is 6.35. The number of benzene rings is 1. The van der Waals surface area contributed by atoms with Gasteiger partial charge in [-0.1, -0.05) is 17.7 Å². The van der Waals surface area contributed by atoms with Crippen LogP contribution in [0.1, 0.15) is 18.4 Å². The molecule has 5 heteroatoms. The Morgan fingerprint density at radius 2 is 2.00 bits per heavy atom. The molecule has 1 saturated heterocycles. The van der Waals surface area contributed by atoms with E-state index in [2.05, 4.69) is 11.4 Å². The van der Waals surface area contributed by atoms with Crippen molar-refractivity contribution < 1.29 is 4.79 Å². The molecule has 0 atom stereocenters. The van der Waals surface area contributed by atoms with Crippen LogP contribution < -0.4 is 5.32 Å². The van der Waals surface area contributed by atoms with E-state index in [1.807, 2.05) is 24.0 Å². The molecule has 0 aliphatic carbocycles. The smallest absolute Gasteiger partial charge is 0.319 e. The van der Waals surface area contributed by atoms with E-state index in [9.17, 15) is 4.79 Å². The van der Waals surface area contributed by atoms with Crippen LogP contribution in [0, 0.1) is 6.92 Å². The van der Waals surface area contributed by atoms with Crippen molar-refractivity contribution >= 4 is 23.3 Å². The van der Waals surface area contributed by atoms with Gasteiger partial charge in [0.05, 0.1) is 10.7 Å². The Kier molecular flexibility index (Phi) is 4.76. The highest BCUT2D eigenvalue weighted by Crippen LogP contribution is 2.25. The molecule has 1 fully saturated rings. The maximum Gasteiger partial charge on any atom is 0.319 e. The quantitative estimate of drug-likeness (QED) is 0.909. The number of nitrogens with one attached hydrogen (secondary N) is 1. The number of carbonyl (C=O) groups is 1. The van der Waals surface area contributed by atoms with Gasteiger partial charge in [0, 0.05) is 33.2 Å². The molecule has 1 heterocycles. The van der Waals surface area contributed by atoms with Gasteiger partial charge in [-0.25, -0.2) is 4.79 Å². The Morgan fingerprint density at radius 3 is 2.55 bits per heavy atom. The zero-order valence-electron chi connectivity index (χ0n) is 12.3. The summed E-state index contributed by atoms with van der Waals surface area (Å²) in [5.74, 6) is 0. The normalized spacial score (nSPS) is 16.1. The van der Waals surface area contributed by atoms with Gasteiger partial charge in [-0.3, -0.25) is 0 Å². The number of hydrogen-bond acceptors (Lipinski definition) is 2. The molecule has 1 N–H and O–H groups in total. The van der Waals surface area contributed by atoms with Crippen LogP contribution in [-0.4, -0.2) is 49.1 Å². The molecular weight excluding hydrogens is 274 g/mol. The Bertz CT molecular complexity index is 482. The maximum atomic E-state index is 11.9. The minimum absolute atomic E-state index is 0.0943. The van der Waals surface area contributed by atoms with E-state index in [-0.39, 0.29) is 6.03 Å². The highest BCUT2D eigenvalue weighted by molar-refractivity contribution is 6.33. The van der Waals surface area contributed by atoms with Gasteiger partial charge in [-0.05, 0) is 37.5 Å². The number of piperidine rings is 1. The molecular formula is C15H22ClN3O. The zero-order chi connectivity index (χ0) is 14.7. The van der Waals surface area contributed by atoms with Crippen LogP contribution >= 0.6 is 11.6 Å². The van der Waals surface area contributed by atoms with E-state index in [0.29, 0.717) is 6.04 Å². The van der Waals surface area contributed by atoms with Gasteiger partial charge >= 0.3 is 6.03 Å². The summed E-state index contributed by atoms with van der Waals surface area (Å²) in [4.78, 5) is 15.4. The number of aryl methyl sites for hydroxylation is 1. The first kappa shape index (κ1) is 15.0. The van der Waals surface area contributed by atoms with Crippen molar-refractivity contribution in [3.8, 4) is 0 Å². The lowest BCUT2D eigenvalue weighted by atomic mass is 10.0. The molecule has 2 amide bonds. The molecule has 0 bridgehead atoms. The molecule has 0 radical (unpaired) electrons. The molecule has 20 heavy (non-hydrogen) atoms. The summed E-state index contributed by atoms with van der Waals surface area (Å²) in [6.07, 6.45) is 1.90. The van der Waals surface area contributed by atoms with Gasteiger partial charge < -0.3 is 15.1 Å². The average molecular weight is 296 g/mol. The number of hydrogen-bond donors (Lipinski definition) is 1. The Morgan fingerprint density at radius 1 is 1.35 bits per heavy atom. The van der Waals surface area contributed by atoms with Crippen LogP contribution in [0.4, 0.5) is 10.5 Å². The van der Waals surface area contributed by atoms with Gasteiger partial charge in [0.25, 0.3) is 0 Å². The third-order valence-corrected chi connectivity index (χ3v) is 3.94. The number of rotatable bonds is 2. The summed E-state index contributed by atoms with van der Waals surface area (Å²) in [5, 5.41) is 4.24. The van der Waals surface area contributed by atoms with Crippen LogP contribution in [0.3, 0.4) is 0 Å². The Labute approximate surface area is 125 Å². The lowest BCUT2D eigenvalue weighted by molar-refractivity contribution is 0.158. The predicted octanol–water partition coefficient (Wildman–Crippen LogP) is 3.21. The SMILES string of the molecule is Cc1ccc(NC2CCN(C(=O)N(C)C)CC2)c(Cl)c1. The van der Waals surface area contributed by atoms with Crippen LogP contribution in [0.25, 0.3) is 0 Å². The van der Waals surface area contributed by atoms with E-state index >= 15 is 0 Å². The molecule has 1 aromatic carbocycles. The number of nitrogens with zero attached hydrogens (tertiary/aromatic N) is 2. The molecule has 1 aliphatic rings. The van der Waals surface area contributed by atoms with Crippen molar-refractivity contribution in [1.29, 1.82) is 0 Å². The largest absolute Gasteiger partial charge is 0.381 e. The van der Waals surface area contributed by atoms with Gasteiger partial charge in [-0.2, -0.15) is 0 Å². The van der Waals surface area contributed by atoms with Crippen LogP contribution in [0.2, 0.25) is 5.02 Å². The van der Waals surface area contributed by atoms with Crippen LogP contribution in [0.15, 0.2) is 18.2 Å². The summed E-state index contributed by atoms with van der Waals surface area (Å²) in [5.41, 5.74) is 2.14. The van der Waals surface area contributed by atoms with Gasteiger partial charge in [0.2, 0.25) is 0 Å². The van der Waals surface area contributed by atoms with Gasteiger partial charge in [0.1, 0.15) is 0 Å². The highest BCUT2D eigenvalue weighted by Gasteiger charge is 2.23. The fourth-order valence-corrected chi connectivity index (χ4v) is 2.74. The van der Waals surface area contributed by atoms with E-state index in [0.717, 1.165) is 42.2 Å². The number of anilines is 1. The molecule has 0 spiro atoms. The predicted molar refractivity (Wildman–Crippen MR) is 83.5 cm³/mol. The van der Waals surface area contributed by atoms with E-state index in [1.54, 1.807) is 19.0 Å². The number of halogens is 1. The van der Waals surface area contributed by atoms with Crippen molar-refractivity contribution in [2.75, 3.05) is 32.5 Å². The minimum Gasteiger partial charge on any atom is -0.381 e. The summed E-state index contributed by atoms with van der Waals surface area (Å²) >= 11 is 6.24. The monoisotopic (exact) mass is 295 g/mol. The van der Waals surface area contributed by atoms with E-state index < -0.39 is 0 Å². The number of urea groups is 1. The minimum atomic E-state index is 0.0943. The lowest BCUT2D eigenvalue weighted by Crippen LogP contribution is -2.46. The summed E-state index contributed by atoms with van der Waals surface area (Å²) in [6, 6.07) is 6.51. The summed E-state index contributed by atoms with van der Waals surface area (Å²) in [7, 11) is 3.58. The first-order chi connectivity index (χ1) is 9.47. The van der Waals surface area contributed by atoms with Gasteiger partial charge in [-0.15, -0.1) is 0 Å². The molecule has 2 rings (SSSR count). The summed E-state index contributed by atoms with van der Waals surface area (Å²) < 4.78 is 0. The molecule has 4 nitrogen and oxygen atoms in total. The fraction of sp³-hybridized carbons (Fsp3) is 0.533. The number of likely N-dealkylation sites (tertiary alicyclic amines) is 1. The molecule has 110 valence electrons. The van der Waals surface area contributed by atoms with Crippen molar-refractivity contribution in [3.63, 3.8) is 0 Å². The molecule has 1 aliphatic heterocycles. The van der Waals surface area contributed by atoms with Crippen LogP contribution in [-0.2, 0) is 0 Å². The average Bonchev–Trinajstić information content (AvgIpc) is 2.42.